The molecule has 0 aliphatic heterocycles. The molecule has 0 fully saturated rings. The van der Waals surface area contributed by atoms with Crippen molar-refractivity contribution in [2.75, 3.05) is 23.8 Å². The van der Waals surface area contributed by atoms with Crippen molar-refractivity contribution in [3.63, 3.8) is 0 Å². The molecule has 0 radical (unpaired) electrons. The lowest BCUT2D eigenvalue weighted by molar-refractivity contribution is -0.114. The normalized spacial score (nSPS) is 12.6. The van der Waals surface area contributed by atoms with Crippen LogP contribution in [0.2, 0.25) is 5.02 Å². The van der Waals surface area contributed by atoms with Crippen LogP contribution < -0.4 is 10.6 Å². The van der Waals surface area contributed by atoms with Crippen molar-refractivity contribution in [2.24, 2.45) is 0 Å². The molecule has 1 aliphatic carbocycles. The van der Waals surface area contributed by atoms with Gasteiger partial charge in [0, 0.05) is 4.88 Å². The molecule has 2 N–H and O–H groups in total. The van der Waals surface area contributed by atoms with Crippen LogP contribution in [0.5, 0.6) is 0 Å². The van der Waals surface area contributed by atoms with Crippen molar-refractivity contribution in [1.82, 2.24) is 0 Å². The molecule has 1 aromatic carbocycles. The van der Waals surface area contributed by atoms with Crippen molar-refractivity contribution in [3.8, 4) is 0 Å². The van der Waals surface area contributed by atoms with Gasteiger partial charge in [-0.25, -0.2) is 9.18 Å². The lowest BCUT2D eigenvalue weighted by atomic mass is 10.1. The van der Waals surface area contributed by atoms with Crippen molar-refractivity contribution in [2.45, 2.75) is 26.2 Å². The van der Waals surface area contributed by atoms with Crippen molar-refractivity contribution < 1.29 is 18.7 Å². The third-order valence-electron chi connectivity index (χ3n) is 4.02. The van der Waals surface area contributed by atoms with Gasteiger partial charge in [0.2, 0.25) is 5.91 Å². The Morgan fingerprint density at radius 3 is 2.88 bits per heavy atom. The third-order valence-corrected chi connectivity index (χ3v) is 5.54. The number of carbonyl (C=O) groups excluding carboxylic acids is 2. The number of carbonyl (C=O) groups is 2. The number of nitrogens with one attached hydrogen (secondary N) is 2. The third kappa shape index (κ3) is 3.99. The second-order valence-corrected chi connectivity index (χ2v) is 7.32. The maximum atomic E-state index is 13.1. The highest BCUT2D eigenvalue weighted by atomic mass is 35.5. The van der Waals surface area contributed by atoms with E-state index < -0.39 is 11.8 Å². The van der Waals surface area contributed by atoms with Gasteiger partial charge in [0.05, 0.1) is 29.4 Å². The second kappa shape index (κ2) is 8.05. The molecule has 0 atom stereocenters. The molecular formula is C18H18ClFN2O3S. The predicted octanol–water partition coefficient (Wildman–Crippen LogP) is 4.26. The Bertz CT molecular complexity index is 853. The standard InChI is InChI=1S/C18H18ClFN2O3S/c1-2-25-18(24)16-11-4-3-5-14(11)26-17(16)22-15(23)9-21-13-7-6-10(20)8-12(13)19/h6-8,21H,2-5,9H2,1H3,(H,22,23). The number of thiophene rings is 1. The van der Waals surface area contributed by atoms with Gasteiger partial charge in [-0.1, -0.05) is 11.6 Å². The maximum absolute atomic E-state index is 13.1. The fourth-order valence-electron chi connectivity index (χ4n) is 2.89. The van der Waals surface area contributed by atoms with Crippen molar-refractivity contribution >= 4 is 45.5 Å². The summed E-state index contributed by atoms with van der Waals surface area (Å²) in [5, 5.41) is 6.35. The van der Waals surface area contributed by atoms with E-state index in [0.717, 1.165) is 29.7 Å². The Labute approximate surface area is 159 Å². The zero-order chi connectivity index (χ0) is 18.7. The van der Waals surface area contributed by atoms with Gasteiger partial charge in [0.1, 0.15) is 10.8 Å². The second-order valence-electron chi connectivity index (χ2n) is 5.81. The Kier molecular flexibility index (Phi) is 5.78. The number of rotatable bonds is 6. The van der Waals surface area contributed by atoms with Gasteiger partial charge in [-0.3, -0.25) is 4.79 Å². The van der Waals surface area contributed by atoms with Crippen LogP contribution in [0, 0.1) is 5.82 Å². The molecule has 0 saturated carbocycles. The molecule has 1 heterocycles. The number of amides is 1. The van der Waals surface area contributed by atoms with Gasteiger partial charge >= 0.3 is 5.97 Å². The van der Waals surface area contributed by atoms with E-state index in [0.29, 0.717) is 16.3 Å². The smallest absolute Gasteiger partial charge is 0.341 e. The van der Waals surface area contributed by atoms with E-state index >= 15 is 0 Å². The number of aryl methyl sites for hydroxylation is 1. The van der Waals surface area contributed by atoms with Crippen molar-refractivity contribution in [1.29, 1.82) is 0 Å². The maximum Gasteiger partial charge on any atom is 0.341 e. The average molecular weight is 397 g/mol. The molecule has 8 heteroatoms. The summed E-state index contributed by atoms with van der Waals surface area (Å²) in [6, 6.07) is 3.90. The van der Waals surface area contributed by atoms with Crippen LogP contribution in [0.25, 0.3) is 0 Å². The van der Waals surface area contributed by atoms with E-state index in [1.807, 2.05) is 0 Å². The van der Waals surface area contributed by atoms with E-state index in [4.69, 9.17) is 16.3 Å². The number of fused-ring (bicyclic) bond motifs is 1. The SMILES string of the molecule is CCOC(=O)c1c(NC(=O)CNc2ccc(F)cc2Cl)sc2c1CCC2. The molecule has 5 nitrogen and oxygen atoms in total. The number of ether oxygens (including phenoxy) is 1. The van der Waals surface area contributed by atoms with E-state index in [2.05, 4.69) is 10.6 Å². The lowest BCUT2D eigenvalue weighted by Gasteiger charge is -2.10. The van der Waals surface area contributed by atoms with Gasteiger partial charge in [0.15, 0.2) is 0 Å². The minimum atomic E-state index is -0.447. The first-order chi connectivity index (χ1) is 12.5. The highest BCUT2D eigenvalue weighted by molar-refractivity contribution is 7.17. The number of anilines is 2. The molecule has 2 aromatic rings. The molecule has 1 amide bonds. The number of halogens is 2. The molecule has 0 spiro atoms. The summed E-state index contributed by atoms with van der Waals surface area (Å²) in [6.45, 7) is 1.97. The first-order valence-electron chi connectivity index (χ1n) is 8.30. The topological polar surface area (TPSA) is 67.4 Å². The number of hydrogen-bond acceptors (Lipinski definition) is 5. The fourth-order valence-corrected chi connectivity index (χ4v) is 4.42. The first kappa shape index (κ1) is 18.7. The first-order valence-corrected chi connectivity index (χ1v) is 9.49. The Morgan fingerprint density at radius 2 is 2.15 bits per heavy atom. The van der Waals surface area contributed by atoms with Crippen LogP contribution >= 0.6 is 22.9 Å². The summed E-state index contributed by atoms with van der Waals surface area (Å²) >= 11 is 7.35. The van der Waals surface area contributed by atoms with E-state index in [9.17, 15) is 14.0 Å². The van der Waals surface area contributed by atoms with E-state index in [1.165, 1.54) is 29.5 Å². The fraction of sp³-hybridized carbons (Fsp3) is 0.333. The minimum Gasteiger partial charge on any atom is -0.462 e. The summed E-state index contributed by atoms with van der Waals surface area (Å²) in [5.74, 6) is -1.18. The molecule has 3 rings (SSSR count). The lowest BCUT2D eigenvalue weighted by Crippen LogP contribution is -2.22. The largest absolute Gasteiger partial charge is 0.462 e. The van der Waals surface area contributed by atoms with Crippen LogP contribution in [0.4, 0.5) is 15.1 Å². The van der Waals surface area contributed by atoms with Gasteiger partial charge < -0.3 is 15.4 Å². The number of benzene rings is 1. The summed E-state index contributed by atoms with van der Waals surface area (Å²) < 4.78 is 18.2. The zero-order valence-electron chi connectivity index (χ0n) is 14.2. The highest BCUT2D eigenvalue weighted by Gasteiger charge is 2.28. The van der Waals surface area contributed by atoms with Crippen LogP contribution in [0.1, 0.15) is 34.1 Å². The Morgan fingerprint density at radius 1 is 1.35 bits per heavy atom. The number of hydrogen-bond donors (Lipinski definition) is 2. The zero-order valence-corrected chi connectivity index (χ0v) is 15.7. The highest BCUT2D eigenvalue weighted by Crippen LogP contribution is 2.39. The molecule has 138 valence electrons. The van der Waals surface area contributed by atoms with E-state index in [1.54, 1.807) is 6.92 Å². The van der Waals surface area contributed by atoms with Gasteiger partial charge in [0.25, 0.3) is 0 Å². The Balaban J connectivity index is 1.70. The number of esters is 1. The summed E-state index contributed by atoms with van der Waals surface area (Å²) in [4.78, 5) is 25.7. The van der Waals surface area contributed by atoms with Gasteiger partial charge in [-0.2, -0.15) is 0 Å². The molecule has 0 saturated heterocycles. The average Bonchev–Trinajstić information content (AvgIpc) is 3.14. The molecule has 0 bridgehead atoms. The van der Waals surface area contributed by atoms with Crippen LogP contribution in [0.15, 0.2) is 18.2 Å². The molecule has 1 aliphatic rings. The molecule has 26 heavy (non-hydrogen) atoms. The Hall–Kier alpha value is -2.12. The van der Waals surface area contributed by atoms with Crippen molar-refractivity contribution in [3.05, 3.63) is 45.0 Å². The molecule has 1 aromatic heterocycles. The quantitative estimate of drug-likeness (QED) is 0.716. The molecular weight excluding hydrogens is 379 g/mol. The minimum absolute atomic E-state index is 0.0593. The van der Waals surface area contributed by atoms with Crippen LogP contribution in [0.3, 0.4) is 0 Å². The summed E-state index contributed by atoms with van der Waals surface area (Å²) in [6.07, 6.45) is 2.73. The van der Waals surface area contributed by atoms with Gasteiger partial charge in [-0.05, 0) is 49.9 Å². The van der Waals surface area contributed by atoms with E-state index in [-0.39, 0.29) is 24.1 Å². The van der Waals surface area contributed by atoms with Crippen LogP contribution in [-0.2, 0) is 22.4 Å². The summed E-state index contributed by atoms with van der Waals surface area (Å²) in [7, 11) is 0. The monoisotopic (exact) mass is 396 g/mol. The molecule has 0 unspecified atom stereocenters. The predicted molar refractivity (Wildman–Crippen MR) is 101 cm³/mol. The van der Waals surface area contributed by atoms with Gasteiger partial charge in [-0.15, -0.1) is 11.3 Å². The van der Waals surface area contributed by atoms with Crippen LogP contribution in [-0.4, -0.2) is 25.0 Å². The summed E-state index contributed by atoms with van der Waals surface area (Å²) in [5.41, 5.74) is 1.92.